The molecule has 0 aliphatic carbocycles. The van der Waals surface area contributed by atoms with Gasteiger partial charge in [-0.05, 0) is 45.9 Å². The molecule has 0 saturated carbocycles. The van der Waals surface area contributed by atoms with Crippen molar-refractivity contribution in [2.24, 2.45) is 5.41 Å². The van der Waals surface area contributed by atoms with Gasteiger partial charge in [-0.2, -0.15) is 10.5 Å². The first-order valence-electron chi connectivity index (χ1n) is 10.3. The molecule has 1 saturated heterocycles. The molecule has 3 aromatic carbocycles. The zero-order chi connectivity index (χ0) is 22.3. The van der Waals surface area contributed by atoms with E-state index in [-0.39, 0.29) is 5.78 Å². The molecule has 3 aromatic rings. The van der Waals surface area contributed by atoms with Crippen molar-refractivity contribution in [1.29, 1.82) is 10.5 Å². The third-order valence-corrected chi connectivity index (χ3v) is 7.42. The Hall–Kier alpha value is -3.42. The van der Waals surface area contributed by atoms with Gasteiger partial charge in [0, 0.05) is 20.7 Å². The van der Waals surface area contributed by atoms with E-state index in [9.17, 15) is 15.3 Å². The first kappa shape index (κ1) is 20.5. The van der Waals surface area contributed by atoms with Crippen LogP contribution in [0.4, 0.5) is 5.69 Å². The van der Waals surface area contributed by atoms with Crippen LogP contribution in [0.25, 0.3) is 6.08 Å². The molecule has 0 radical (unpaired) electrons. The van der Waals surface area contributed by atoms with Crippen LogP contribution in [0.1, 0.15) is 27.4 Å². The number of benzene rings is 3. The van der Waals surface area contributed by atoms with Gasteiger partial charge in [-0.25, -0.2) is 0 Å². The summed E-state index contributed by atoms with van der Waals surface area (Å²) < 4.78 is 0.853. The fourth-order valence-corrected chi connectivity index (χ4v) is 5.74. The molecule has 1 fully saturated rings. The van der Waals surface area contributed by atoms with Gasteiger partial charge in [0.25, 0.3) is 0 Å². The summed E-state index contributed by atoms with van der Waals surface area (Å²) in [6.07, 6.45) is 3.87. The maximum absolute atomic E-state index is 14.1. The largest absolute Gasteiger partial charge is 0.351 e. The quantitative estimate of drug-likeness (QED) is 0.330. The molecule has 2 aliphatic heterocycles. The molecule has 4 nitrogen and oxygen atoms in total. The summed E-state index contributed by atoms with van der Waals surface area (Å²) in [5, 5.41) is 20.8. The topological polar surface area (TPSA) is 67.9 Å². The molecule has 32 heavy (non-hydrogen) atoms. The number of carbonyl (C=O) groups excluding carboxylic acids is 1. The molecular formula is C27H18IN3O. The van der Waals surface area contributed by atoms with Gasteiger partial charge < -0.3 is 4.90 Å². The Morgan fingerprint density at radius 2 is 1.56 bits per heavy atom. The first-order chi connectivity index (χ1) is 15.6. The molecular weight excluding hydrogens is 509 g/mol. The van der Waals surface area contributed by atoms with Crippen molar-refractivity contribution < 1.29 is 4.79 Å². The fourth-order valence-electron chi connectivity index (χ4n) is 5.09. The van der Waals surface area contributed by atoms with E-state index >= 15 is 0 Å². The minimum Gasteiger partial charge on any atom is -0.351 e. The first-order valence-corrected chi connectivity index (χ1v) is 11.4. The van der Waals surface area contributed by atoms with Crippen LogP contribution < -0.4 is 4.90 Å². The number of ketones is 1. The molecule has 3 atom stereocenters. The Balaban J connectivity index is 1.80. The SMILES string of the molecule is N#CC1(C#N)C(c2ccccc2)C(C(=O)c2ccccc2I)N2c3ccccc3C=CC21. The van der Waals surface area contributed by atoms with Gasteiger partial charge >= 0.3 is 0 Å². The van der Waals surface area contributed by atoms with Crippen molar-refractivity contribution in [3.05, 3.63) is 105 Å². The van der Waals surface area contributed by atoms with Gasteiger partial charge in [-0.15, -0.1) is 0 Å². The number of carbonyl (C=O) groups is 1. The fraction of sp³-hybridized carbons (Fsp3) is 0.148. The third-order valence-electron chi connectivity index (χ3n) is 6.48. The van der Waals surface area contributed by atoms with Crippen molar-refractivity contribution in [3.63, 3.8) is 0 Å². The lowest BCUT2D eigenvalue weighted by atomic mass is 9.69. The zero-order valence-corrected chi connectivity index (χ0v) is 19.2. The van der Waals surface area contributed by atoms with E-state index in [1.54, 1.807) is 0 Å². The molecule has 5 rings (SSSR count). The molecule has 0 N–H and O–H groups in total. The van der Waals surface area contributed by atoms with E-state index in [0.717, 1.165) is 20.4 Å². The van der Waals surface area contributed by atoms with Gasteiger partial charge in [-0.3, -0.25) is 4.79 Å². The van der Waals surface area contributed by atoms with E-state index in [1.165, 1.54) is 0 Å². The van der Waals surface area contributed by atoms with Gasteiger partial charge in [0.1, 0.15) is 6.04 Å². The predicted molar refractivity (Wildman–Crippen MR) is 132 cm³/mol. The summed E-state index contributed by atoms with van der Waals surface area (Å²) in [7, 11) is 0. The summed E-state index contributed by atoms with van der Waals surface area (Å²) in [5.74, 6) is -0.686. The van der Waals surface area contributed by atoms with Crippen molar-refractivity contribution >= 4 is 40.1 Å². The average molecular weight is 527 g/mol. The van der Waals surface area contributed by atoms with Crippen molar-refractivity contribution in [3.8, 4) is 12.1 Å². The number of hydrogen-bond donors (Lipinski definition) is 0. The second-order valence-corrected chi connectivity index (χ2v) is 9.20. The minimum absolute atomic E-state index is 0.0775. The molecule has 154 valence electrons. The Kier molecular flexibility index (Phi) is 5.07. The van der Waals surface area contributed by atoms with Crippen LogP contribution in [-0.2, 0) is 0 Å². The lowest BCUT2D eigenvalue weighted by molar-refractivity contribution is 0.0950. The number of para-hydroxylation sites is 1. The standard InChI is InChI=1S/C27H18IN3O/c28-21-12-6-5-11-20(21)26(32)25-24(19-9-2-1-3-10-19)27(16-29,17-30)23-15-14-18-8-4-7-13-22(18)31(23)25/h1-15,23-25H. The number of hydrogen-bond acceptors (Lipinski definition) is 4. The predicted octanol–water partition coefficient (Wildman–Crippen LogP) is 5.58. The molecule has 2 heterocycles. The Morgan fingerprint density at radius 1 is 0.906 bits per heavy atom. The molecule has 3 unspecified atom stereocenters. The highest BCUT2D eigenvalue weighted by molar-refractivity contribution is 14.1. The Bertz CT molecular complexity index is 1300. The highest BCUT2D eigenvalue weighted by Crippen LogP contribution is 2.55. The summed E-state index contributed by atoms with van der Waals surface area (Å²) in [5.41, 5.74) is 1.86. The van der Waals surface area contributed by atoms with Gasteiger partial charge in [0.05, 0.1) is 18.2 Å². The van der Waals surface area contributed by atoms with Crippen LogP contribution in [0.3, 0.4) is 0 Å². The number of anilines is 1. The Labute approximate surface area is 200 Å². The van der Waals surface area contributed by atoms with Crippen LogP contribution in [0.2, 0.25) is 0 Å². The van der Waals surface area contributed by atoms with E-state index in [4.69, 9.17) is 0 Å². The summed E-state index contributed by atoms with van der Waals surface area (Å²) in [6, 6.07) is 28.3. The monoisotopic (exact) mass is 527 g/mol. The molecule has 0 aromatic heterocycles. The lowest BCUT2D eigenvalue weighted by Crippen LogP contribution is -2.44. The van der Waals surface area contributed by atoms with Crippen LogP contribution >= 0.6 is 22.6 Å². The number of fused-ring (bicyclic) bond motifs is 3. The van der Waals surface area contributed by atoms with Gasteiger partial charge in [0.15, 0.2) is 11.2 Å². The zero-order valence-electron chi connectivity index (χ0n) is 17.0. The molecule has 0 spiro atoms. The van der Waals surface area contributed by atoms with Gasteiger partial charge in [0.2, 0.25) is 0 Å². The van der Waals surface area contributed by atoms with Crippen molar-refractivity contribution in [2.75, 3.05) is 4.90 Å². The van der Waals surface area contributed by atoms with E-state index in [0.29, 0.717) is 5.56 Å². The van der Waals surface area contributed by atoms with E-state index in [2.05, 4.69) is 34.7 Å². The van der Waals surface area contributed by atoms with E-state index in [1.807, 2.05) is 95.9 Å². The second-order valence-electron chi connectivity index (χ2n) is 8.04. The summed E-state index contributed by atoms with van der Waals surface area (Å²) >= 11 is 2.18. The summed E-state index contributed by atoms with van der Waals surface area (Å²) in [4.78, 5) is 16.2. The maximum Gasteiger partial charge on any atom is 0.187 e. The smallest absolute Gasteiger partial charge is 0.187 e. The number of Topliss-reactive ketones (excluding diaryl/α,β-unsaturated/α-hetero) is 1. The van der Waals surface area contributed by atoms with Crippen LogP contribution in [-0.4, -0.2) is 17.9 Å². The molecule has 5 heteroatoms. The Morgan fingerprint density at radius 3 is 2.28 bits per heavy atom. The minimum atomic E-state index is -1.41. The number of rotatable bonds is 3. The van der Waals surface area contributed by atoms with Crippen LogP contribution in [0, 0.1) is 31.6 Å². The molecule has 0 bridgehead atoms. The second kappa shape index (κ2) is 7.93. The normalized spacial score (nSPS) is 22.3. The van der Waals surface area contributed by atoms with Crippen molar-refractivity contribution in [2.45, 2.75) is 18.0 Å². The average Bonchev–Trinajstić information content (AvgIpc) is 3.15. The highest BCUT2D eigenvalue weighted by Gasteiger charge is 2.63. The van der Waals surface area contributed by atoms with Gasteiger partial charge in [-0.1, -0.05) is 78.9 Å². The maximum atomic E-state index is 14.1. The summed E-state index contributed by atoms with van der Waals surface area (Å²) in [6.45, 7) is 0. The van der Waals surface area contributed by atoms with Crippen molar-refractivity contribution in [1.82, 2.24) is 0 Å². The number of halogens is 1. The van der Waals surface area contributed by atoms with Crippen LogP contribution in [0.5, 0.6) is 0 Å². The number of nitrogens with zero attached hydrogens (tertiary/aromatic N) is 3. The van der Waals surface area contributed by atoms with E-state index < -0.39 is 23.4 Å². The molecule has 0 amide bonds. The lowest BCUT2D eigenvalue weighted by Gasteiger charge is -2.35. The highest BCUT2D eigenvalue weighted by atomic mass is 127. The molecule has 2 aliphatic rings. The van der Waals surface area contributed by atoms with Crippen LogP contribution in [0.15, 0.2) is 84.9 Å². The third kappa shape index (κ3) is 2.89. The number of nitriles is 2.